The second-order valence-corrected chi connectivity index (χ2v) is 2.87. The van der Waals surface area contributed by atoms with Crippen molar-refractivity contribution in [1.29, 1.82) is 0 Å². The zero-order valence-corrected chi connectivity index (χ0v) is 8.88. The SMILES string of the molecule is COc1cccc(C=[N+](C)C)c1.[Cl-]. The largest absolute Gasteiger partial charge is 1.00 e. The Bertz CT molecular complexity index is 293. The minimum absolute atomic E-state index is 0. The highest BCUT2D eigenvalue weighted by molar-refractivity contribution is 5.76. The average Bonchev–Trinajstić information content (AvgIpc) is 2.03. The van der Waals surface area contributed by atoms with E-state index in [1.54, 1.807) is 7.11 Å². The molecule has 0 fully saturated rings. The Hall–Kier alpha value is -1.02. The van der Waals surface area contributed by atoms with E-state index in [0.29, 0.717) is 0 Å². The number of nitrogens with zero attached hydrogens (tertiary/aromatic N) is 1. The molecule has 0 spiro atoms. The molecule has 0 bridgehead atoms. The van der Waals surface area contributed by atoms with Crippen LogP contribution in [0.3, 0.4) is 0 Å². The molecular formula is C10H14ClNO. The lowest BCUT2D eigenvalue weighted by atomic mass is 10.2. The molecule has 0 heterocycles. The van der Waals surface area contributed by atoms with Crippen LogP contribution in [0, 0.1) is 0 Å². The monoisotopic (exact) mass is 199 g/mol. The van der Waals surface area contributed by atoms with E-state index >= 15 is 0 Å². The zero-order valence-electron chi connectivity index (χ0n) is 8.12. The molecule has 0 amide bonds. The maximum Gasteiger partial charge on any atom is 0.170 e. The lowest BCUT2D eigenvalue weighted by Gasteiger charge is -1.98. The van der Waals surface area contributed by atoms with Crippen molar-refractivity contribution in [2.24, 2.45) is 0 Å². The summed E-state index contributed by atoms with van der Waals surface area (Å²) in [6, 6.07) is 7.96. The highest BCUT2D eigenvalue weighted by Gasteiger charge is 1.94. The summed E-state index contributed by atoms with van der Waals surface area (Å²) in [4.78, 5) is 0. The normalized spacial score (nSPS) is 8.54. The van der Waals surface area contributed by atoms with E-state index in [2.05, 4.69) is 0 Å². The third-order valence-electron chi connectivity index (χ3n) is 1.50. The van der Waals surface area contributed by atoms with Crippen molar-refractivity contribution in [2.75, 3.05) is 21.2 Å². The van der Waals surface area contributed by atoms with E-state index in [1.165, 1.54) is 0 Å². The molecule has 0 aliphatic carbocycles. The number of hydrogen-bond donors (Lipinski definition) is 0. The highest BCUT2D eigenvalue weighted by atomic mass is 35.5. The summed E-state index contributed by atoms with van der Waals surface area (Å²) in [6.07, 6.45) is 2.04. The number of benzene rings is 1. The summed E-state index contributed by atoms with van der Waals surface area (Å²) in [5, 5.41) is 0. The first kappa shape index (κ1) is 12.0. The van der Waals surface area contributed by atoms with E-state index < -0.39 is 0 Å². The molecular weight excluding hydrogens is 186 g/mol. The average molecular weight is 200 g/mol. The van der Waals surface area contributed by atoms with Crippen LogP contribution in [0.25, 0.3) is 0 Å². The molecule has 1 aromatic rings. The van der Waals surface area contributed by atoms with Gasteiger partial charge in [0, 0.05) is 5.56 Å². The van der Waals surface area contributed by atoms with Gasteiger partial charge in [0.1, 0.15) is 19.8 Å². The van der Waals surface area contributed by atoms with Crippen molar-refractivity contribution in [3.05, 3.63) is 29.8 Å². The van der Waals surface area contributed by atoms with Crippen molar-refractivity contribution in [3.8, 4) is 5.75 Å². The van der Waals surface area contributed by atoms with Crippen molar-refractivity contribution < 1.29 is 21.7 Å². The van der Waals surface area contributed by atoms with Crippen molar-refractivity contribution >= 4 is 6.21 Å². The van der Waals surface area contributed by atoms with Crippen LogP contribution in [0.2, 0.25) is 0 Å². The first-order chi connectivity index (χ1) is 5.72. The van der Waals surface area contributed by atoms with E-state index in [1.807, 2.05) is 49.2 Å². The van der Waals surface area contributed by atoms with Crippen LogP contribution in [0.15, 0.2) is 24.3 Å². The summed E-state index contributed by atoms with van der Waals surface area (Å²) < 4.78 is 7.11. The molecule has 13 heavy (non-hydrogen) atoms. The van der Waals surface area contributed by atoms with Crippen LogP contribution in [0.1, 0.15) is 5.56 Å². The lowest BCUT2D eigenvalue weighted by Crippen LogP contribution is -3.00. The summed E-state index contributed by atoms with van der Waals surface area (Å²) in [5.74, 6) is 0.894. The van der Waals surface area contributed by atoms with Crippen molar-refractivity contribution in [3.63, 3.8) is 0 Å². The third kappa shape index (κ3) is 3.95. The second-order valence-electron chi connectivity index (χ2n) is 2.87. The Morgan fingerprint density at radius 3 is 2.54 bits per heavy atom. The van der Waals surface area contributed by atoms with Crippen LogP contribution < -0.4 is 17.1 Å². The third-order valence-corrected chi connectivity index (χ3v) is 1.50. The van der Waals surface area contributed by atoms with Gasteiger partial charge in [-0.1, -0.05) is 6.07 Å². The van der Waals surface area contributed by atoms with E-state index in [4.69, 9.17) is 4.74 Å². The predicted molar refractivity (Wildman–Crippen MR) is 50.3 cm³/mol. The molecule has 3 heteroatoms. The Morgan fingerprint density at radius 2 is 2.00 bits per heavy atom. The molecule has 0 saturated carbocycles. The van der Waals surface area contributed by atoms with Gasteiger partial charge in [0.25, 0.3) is 0 Å². The number of halogens is 1. The maximum atomic E-state index is 5.10. The molecule has 0 aliphatic heterocycles. The van der Waals surface area contributed by atoms with Gasteiger partial charge in [-0.25, -0.2) is 4.58 Å². The van der Waals surface area contributed by atoms with Gasteiger partial charge in [-0.05, 0) is 18.2 Å². The minimum Gasteiger partial charge on any atom is -1.00 e. The molecule has 0 aromatic heterocycles. The molecule has 0 unspecified atom stereocenters. The molecule has 0 saturated heterocycles. The van der Waals surface area contributed by atoms with Gasteiger partial charge in [-0.2, -0.15) is 0 Å². The van der Waals surface area contributed by atoms with Crippen molar-refractivity contribution in [2.45, 2.75) is 0 Å². The smallest absolute Gasteiger partial charge is 0.170 e. The number of ether oxygens (including phenoxy) is 1. The number of hydrogen-bond acceptors (Lipinski definition) is 1. The molecule has 0 atom stereocenters. The molecule has 0 radical (unpaired) electrons. The zero-order chi connectivity index (χ0) is 8.97. The van der Waals surface area contributed by atoms with E-state index in [9.17, 15) is 0 Å². The fourth-order valence-electron chi connectivity index (χ4n) is 1.02. The molecule has 0 aliphatic rings. The molecule has 0 N–H and O–H groups in total. The summed E-state index contributed by atoms with van der Waals surface area (Å²) >= 11 is 0. The van der Waals surface area contributed by atoms with Crippen LogP contribution in [-0.4, -0.2) is 32.0 Å². The topological polar surface area (TPSA) is 12.2 Å². The second kappa shape index (κ2) is 5.60. The van der Waals surface area contributed by atoms with Gasteiger partial charge in [-0.15, -0.1) is 0 Å². The summed E-state index contributed by atoms with van der Waals surface area (Å²) in [7, 11) is 5.67. The van der Waals surface area contributed by atoms with Gasteiger partial charge < -0.3 is 17.1 Å². The van der Waals surface area contributed by atoms with Gasteiger partial charge in [-0.3, -0.25) is 0 Å². The van der Waals surface area contributed by atoms with Crippen molar-refractivity contribution in [1.82, 2.24) is 0 Å². The molecule has 1 rings (SSSR count). The highest BCUT2D eigenvalue weighted by Crippen LogP contribution is 2.10. The van der Waals surface area contributed by atoms with Gasteiger partial charge in [0.15, 0.2) is 6.21 Å². The Kier molecular flexibility index (Phi) is 5.16. The Labute approximate surface area is 85.3 Å². The van der Waals surface area contributed by atoms with Gasteiger partial charge in [0.2, 0.25) is 0 Å². The molecule has 72 valence electrons. The van der Waals surface area contributed by atoms with Crippen LogP contribution in [0.4, 0.5) is 0 Å². The number of methoxy groups -OCH3 is 1. The lowest BCUT2D eigenvalue weighted by molar-refractivity contribution is -0.458. The first-order valence-corrected chi connectivity index (χ1v) is 3.88. The quantitative estimate of drug-likeness (QED) is 0.413. The fourth-order valence-corrected chi connectivity index (χ4v) is 1.02. The standard InChI is InChI=1S/C10H14NO.ClH/c1-11(2)8-9-5-4-6-10(7-9)12-3;/h4-8H,1-3H3;1H/q+1;/p-1. The first-order valence-electron chi connectivity index (χ1n) is 3.88. The molecule has 1 aromatic carbocycles. The van der Waals surface area contributed by atoms with Gasteiger partial charge in [0.05, 0.1) is 7.11 Å². The van der Waals surface area contributed by atoms with E-state index in [0.717, 1.165) is 11.3 Å². The van der Waals surface area contributed by atoms with Crippen LogP contribution in [0.5, 0.6) is 5.75 Å². The fraction of sp³-hybridized carbons (Fsp3) is 0.300. The number of rotatable bonds is 2. The van der Waals surface area contributed by atoms with Crippen LogP contribution in [-0.2, 0) is 0 Å². The summed E-state index contributed by atoms with van der Waals surface area (Å²) in [5.41, 5.74) is 1.15. The minimum atomic E-state index is 0. The van der Waals surface area contributed by atoms with Gasteiger partial charge >= 0.3 is 0 Å². The predicted octanol–water partition coefficient (Wildman–Crippen LogP) is -1.61. The molecule has 2 nitrogen and oxygen atoms in total. The van der Waals surface area contributed by atoms with E-state index in [-0.39, 0.29) is 12.4 Å². The van der Waals surface area contributed by atoms with Crippen LogP contribution >= 0.6 is 0 Å². The maximum absolute atomic E-state index is 5.10. The Balaban J connectivity index is 0.00000144. The summed E-state index contributed by atoms with van der Waals surface area (Å²) in [6.45, 7) is 0. The Morgan fingerprint density at radius 1 is 1.31 bits per heavy atom.